The van der Waals surface area contributed by atoms with Gasteiger partial charge in [-0.15, -0.1) is 0 Å². The SMILES string of the molecule is O=C(NC1(c2cc(F)ccc2F)CC1)N1CCSCC1. The Morgan fingerprint density at radius 1 is 1.25 bits per heavy atom. The van der Waals surface area contributed by atoms with Gasteiger partial charge in [0.1, 0.15) is 11.6 Å². The van der Waals surface area contributed by atoms with Crippen molar-refractivity contribution in [2.75, 3.05) is 24.6 Å². The molecule has 0 unspecified atom stereocenters. The Morgan fingerprint density at radius 2 is 1.95 bits per heavy atom. The predicted octanol–water partition coefficient (Wildman–Crippen LogP) is 2.71. The summed E-state index contributed by atoms with van der Waals surface area (Å²) in [6.07, 6.45) is 1.31. The highest BCUT2D eigenvalue weighted by Gasteiger charge is 2.48. The van der Waals surface area contributed by atoms with Crippen LogP contribution in [0.2, 0.25) is 0 Å². The van der Waals surface area contributed by atoms with Crippen molar-refractivity contribution in [3.05, 3.63) is 35.4 Å². The second-order valence-electron chi connectivity index (χ2n) is 5.24. The molecular weight excluding hydrogens is 282 g/mol. The number of nitrogens with one attached hydrogen (secondary N) is 1. The first-order chi connectivity index (χ1) is 9.61. The summed E-state index contributed by atoms with van der Waals surface area (Å²) in [6, 6.07) is 3.23. The molecule has 2 fully saturated rings. The first kappa shape index (κ1) is 13.7. The smallest absolute Gasteiger partial charge is 0.318 e. The van der Waals surface area contributed by atoms with Gasteiger partial charge in [0.05, 0.1) is 5.54 Å². The van der Waals surface area contributed by atoms with E-state index in [1.54, 1.807) is 4.90 Å². The minimum Gasteiger partial charge on any atom is -0.328 e. The number of halogens is 2. The molecule has 1 aromatic rings. The summed E-state index contributed by atoms with van der Waals surface area (Å²) in [7, 11) is 0. The molecule has 1 saturated carbocycles. The van der Waals surface area contributed by atoms with Gasteiger partial charge in [0.2, 0.25) is 0 Å². The van der Waals surface area contributed by atoms with Crippen molar-refractivity contribution in [1.82, 2.24) is 10.2 Å². The maximum absolute atomic E-state index is 13.9. The Morgan fingerprint density at radius 3 is 2.60 bits per heavy atom. The quantitative estimate of drug-likeness (QED) is 0.910. The van der Waals surface area contributed by atoms with Crippen molar-refractivity contribution in [2.45, 2.75) is 18.4 Å². The van der Waals surface area contributed by atoms with Gasteiger partial charge >= 0.3 is 6.03 Å². The van der Waals surface area contributed by atoms with Gasteiger partial charge in [-0.05, 0) is 31.0 Å². The van der Waals surface area contributed by atoms with Crippen LogP contribution in [0.3, 0.4) is 0 Å². The molecule has 1 saturated heterocycles. The molecule has 0 bridgehead atoms. The van der Waals surface area contributed by atoms with E-state index >= 15 is 0 Å². The van der Waals surface area contributed by atoms with Crippen LogP contribution < -0.4 is 5.32 Å². The number of hydrogen-bond acceptors (Lipinski definition) is 2. The minimum atomic E-state index is -0.714. The van der Waals surface area contributed by atoms with Gasteiger partial charge in [-0.25, -0.2) is 13.6 Å². The predicted molar refractivity (Wildman–Crippen MR) is 74.7 cm³/mol. The van der Waals surface area contributed by atoms with Gasteiger partial charge in [0, 0.05) is 30.2 Å². The molecule has 3 nitrogen and oxygen atoms in total. The lowest BCUT2D eigenvalue weighted by Crippen LogP contribution is -2.48. The highest BCUT2D eigenvalue weighted by Crippen LogP contribution is 2.46. The molecule has 108 valence electrons. The lowest BCUT2D eigenvalue weighted by Gasteiger charge is -2.29. The fourth-order valence-electron chi connectivity index (χ4n) is 2.50. The van der Waals surface area contributed by atoms with E-state index in [4.69, 9.17) is 0 Å². The fraction of sp³-hybridized carbons (Fsp3) is 0.500. The maximum atomic E-state index is 13.9. The Hall–Kier alpha value is -1.30. The zero-order valence-corrected chi connectivity index (χ0v) is 11.8. The second-order valence-corrected chi connectivity index (χ2v) is 6.46. The summed E-state index contributed by atoms with van der Waals surface area (Å²) in [5.74, 6) is 0.915. The third-order valence-electron chi connectivity index (χ3n) is 3.84. The third kappa shape index (κ3) is 2.61. The molecule has 6 heteroatoms. The number of benzene rings is 1. The number of hydrogen-bond donors (Lipinski definition) is 1. The topological polar surface area (TPSA) is 32.3 Å². The van der Waals surface area contributed by atoms with Crippen LogP contribution in [0.1, 0.15) is 18.4 Å². The summed E-state index contributed by atoms with van der Waals surface area (Å²) >= 11 is 1.82. The zero-order chi connectivity index (χ0) is 14.2. The third-order valence-corrected chi connectivity index (χ3v) is 4.78. The van der Waals surface area contributed by atoms with Crippen molar-refractivity contribution in [1.29, 1.82) is 0 Å². The Balaban J connectivity index is 1.75. The summed E-state index contributed by atoms with van der Waals surface area (Å²) in [5, 5.41) is 2.89. The van der Waals surface area contributed by atoms with E-state index in [1.165, 1.54) is 6.07 Å². The first-order valence-electron chi connectivity index (χ1n) is 6.71. The maximum Gasteiger partial charge on any atom is 0.318 e. The number of carbonyl (C=O) groups is 1. The number of rotatable bonds is 2. The largest absolute Gasteiger partial charge is 0.328 e. The van der Waals surface area contributed by atoms with E-state index in [2.05, 4.69) is 5.32 Å². The lowest BCUT2D eigenvalue weighted by molar-refractivity contribution is 0.197. The Bertz CT molecular complexity index is 528. The number of nitrogens with zero attached hydrogens (tertiary/aromatic N) is 1. The number of urea groups is 1. The van der Waals surface area contributed by atoms with Gasteiger partial charge < -0.3 is 10.2 Å². The van der Waals surface area contributed by atoms with Gasteiger partial charge in [-0.3, -0.25) is 0 Å². The van der Waals surface area contributed by atoms with Crippen LogP contribution in [-0.4, -0.2) is 35.5 Å². The summed E-state index contributed by atoms with van der Waals surface area (Å²) in [4.78, 5) is 14.0. The molecule has 20 heavy (non-hydrogen) atoms. The molecule has 0 atom stereocenters. The van der Waals surface area contributed by atoms with E-state index in [1.807, 2.05) is 11.8 Å². The Kier molecular flexibility index (Phi) is 3.58. The molecule has 0 radical (unpaired) electrons. The standard InChI is InChI=1S/C14H16F2N2OS/c15-10-1-2-12(16)11(9-10)14(3-4-14)17-13(19)18-5-7-20-8-6-18/h1-2,9H,3-8H2,(H,17,19). The van der Waals surface area contributed by atoms with Crippen molar-refractivity contribution in [2.24, 2.45) is 0 Å². The van der Waals surface area contributed by atoms with Crippen LogP contribution in [0.5, 0.6) is 0 Å². The van der Waals surface area contributed by atoms with Crippen molar-refractivity contribution in [3.8, 4) is 0 Å². The van der Waals surface area contributed by atoms with Crippen LogP contribution in [0.25, 0.3) is 0 Å². The average molecular weight is 298 g/mol. The number of thioether (sulfide) groups is 1. The van der Waals surface area contributed by atoms with E-state index in [0.29, 0.717) is 25.9 Å². The van der Waals surface area contributed by atoms with Crippen LogP contribution in [-0.2, 0) is 5.54 Å². The summed E-state index contributed by atoms with van der Waals surface area (Å²) < 4.78 is 27.2. The van der Waals surface area contributed by atoms with E-state index in [-0.39, 0.29) is 11.6 Å². The van der Waals surface area contributed by atoms with Crippen molar-refractivity contribution in [3.63, 3.8) is 0 Å². The van der Waals surface area contributed by atoms with Crippen LogP contribution in [0, 0.1) is 11.6 Å². The highest BCUT2D eigenvalue weighted by molar-refractivity contribution is 7.99. The van der Waals surface area contributed by atoms with Crippen molar-refractivity contribution >= 4 is 17.8 Å². The molecule has 0 spiro atoms. The van der Waals surface area contributed by atoms with E-state index in [0.717, 1.165) is 23.6 Å². The highest BCUT2D eigenvalue weighted by atomic mass is 32.2. The van der Waals surface area contributed by atoms with Crippen LogP contribution >= 0.6 is 11.8 Å². The zero-order valence-electron chi connectivity index (χ0n) is 11.0. The summed E-state index contributed by atoms with van der Waals surface area (Å²) in [5.41, 5.74) is -0.453. The van der Waals surface area contributed by atoms with Crippen LogP contribution in [0.15, 0.2) is 18.2 Å². The summed E-state index contributed by atoms with van der Waals surface area (Å²) in [6.45, 7) is 1.41. The van der Waals surface area contributed by atoms with Gasteiger partial charge in [-0.1, -0.05) is 0 Å². The number of carbonyl (C=O) groups excluding carboxylic acids is 1. The molecule has 0 aromatic heterocycles. The van der Waals surface area contributed by atoms with E-state index < -0.39 is 17.2 Å². The lowest BCUT2D eigenvalue weighted by atomic mass is 10.0. The normalized spacial score (nSPS) is 20.6. The van der Waals surface area contributed by atoms with Gasteiger partial charge in [0.25, 0.3) is 0 Å². The molecular formula is C14H16F2N2OS. The Labute approximate surface area is 120 Å². The van der Waals surface area contributed by atoms with E-state index in [9.17, 15) is 13.6 Å². The minimum absolute atomic E-state index is 0.175. The molecule has 1 aromatic carbocycles. The molecule has 3 rings (SSSR count). The molecule has 1 N–H and O–H groups in total. The van der Waals surface area contributed by atoms with Crippen LogP contribution in [0.4, 0.5) is 13.6 Å². The second kappa shape index (κ2) is 5.24. The fourth-order valence-corrected chi connectivity index (χ4v) is 3.40. The average Bonchev–Trinajstić information content (AvgIpc) is 3.23. The molecule has 1 aliphatic heterocycles. The molecule has 2 amide bonds. The van der Waals surface area contributed by atoms with Crippen molar-refractivity contribution < 1.29 is 13.6 Å². The molecule has 1 aliphatic carbocycles. The molecule has 1 heterocycles. The number of amides is 2. The monoisotopic (exact) mass is 298 g/mol. The first-order valence-corrected chi connectivity index (χ1v) is 7.87. The van der Waals surface area contributed by atoms with Gasteiger partial charge in [0.15, 0.2) is 0 Å². The molecule has 2 aliphatic rings. The van der Waals surface area contributed by atoms with Gasteiger partial charge in [-0.2, -0.15) is 11.8 Å².